The first-order chi connectivity index (χ1) is 14.4. The van der Waals surface area contributed by atoms with Gasteiger partial charge in [-0.2, -0.15) is 0 Å². The van der Waals surface area contributed by atoms with Crippen LogP contribution in [0.1, 0.15) is 87.6 Å². The minimum absolute atomic E-state index is 0.340. The lowest BCUT2D eigenvalue weighted by Crippen LogP contribution is -2.02. The Labute approximate surface area is 181 Å². The molecule has 2 heterocycles. The van der Waals surface area contributed by atoms with Crippen molar-refractivity contribution in [2.24, 2.45) is 0 Å². The molecule has 1 atom stereocenters. The predicted molar refractivity (Wildman–Crippen MR) is 128 cm³/mol. The predicted octanol–water partition coefficient (Wildman–Crippen LogP) is 8.08. The molecule has 1 unspecified atom stereocenters. The van der Waals surface area contributed by atoms with Crippen LogP contribution >= 0.6 is 11.8 Å². The average molecular weight is 409 g/mol. The number of fused-ring (bicyclic) bond motifs is 1. The zero-order chi connectivity index (χ0) is 20.2. The van der Waals surface area contributed by atoms with Gasteiger partial charge in [0.15, 0.2) is 0 Å². The van der Waals surface area contributed by atoms with Crippen LogP contribution in [0.5, 0.6) is 0 Å². The van der Waals surface area contributed by atoms with Crippen LogP contribution in [0.15, 0.2) is 60.9 Å². The summed E-state index contributed by atoms with van der Waals surface area (Å²) in [7, 11) is 0. The lowest BCUT2D eigenvalue weighted by Gasteiger charge is -2.17. The number of imidazole rings is 1. The first kappa shape index (κ1) is 22.0. The molecule has 3 heteroatoms. The number of pyridine rings is 1. The molecule has 0 bridgehead atoms. The van der Waals surface area contributed by atoms with Crippen molar-refractivity contribution in [2.45, 2.75) is 76.4 Å². The van der Waals surface area contributed by atoms with Crippen molar-refractivity contribution in [3.05, 3.63) is 72.2 Å². The van der Waals surface area contributed by atoms with Crippen LogP contribution in [0.4, 0.5) is 0 Å². The standard InChI is InChI=1S/C26H36N2S/c1-2-3-4-5-6-7-8-9-10-16-21-29-26(23-17-12-11-13-18-23)24-22-27-25-19-14-15-20-28(24)25/h11-15,17-20,22,26H,2-10,16,21H2,1H3. The average Bonchev–Trinajstić information content (AvgIpc) is 3.19. The molecule has 0 saturated carbocycles. The van der Waals surface area contributed by atoms with Gasteiger partial charge >= 0.3 is 0 Å². The molecule has 3 aromatic rings. The van der Waals surface area contributed by atoms with E-state index in [1.165, 1.54) is 81.2 Å². The molecule has 0 aliphatic carbocycles. The summed E-state index contributed by atoms with van der Waals surface area (Å²) in [5.41, 5.74) is 3.68. The van der Waals surface area contributed by atoms with E-state index in [2.05, 4.69) is 89.0 Å². The summed E-state index contributed by atoms with van der Waals surface area (Å²) in [5.74, 6) is 1.20. The van der Waals surface area contributed by atoms with Crippen LogP contribution in [-0.4, -0.2) is 15.1 Å². The van der Waals surface area contributed by atoms with E-state index in [0.717, 1.165) is 5.65 Å². The highest BCUT2D eigenvalue weighted by Gasteiger charge is 2.18. The second-order valence-corrected chi connectivity index (χ2v) is 9.17. The SMILES string of the molecule is CCCCCCCCCCCCSC(c1ccccc1)c1cnc2ccccn12. The maximum absolute atomic E-state index is 4.62. The quantitative estimate of drug-likeness (QED) is 0.251. The number of aromatic nitrogens is 2. The minimum atomic E-state index is 0.340. The van der Waals surface area contributed by atoms with Gasteiger partial charge in [0, 0.05) is 6.20 Å². The molecule has 0 aliphatic rings. The molecular formula is C26H36N2S. The van der Waals surface area contributed by atoms with Gasteiger partial charge in [-0.1, -0.05) is 101 Å². The summed E-state index contributed by atoms with van der Waals surface area (Å²) in [6, 6.07) is 17.1. The molecule has 0 spiro atoms. The lowest BCUT2D eigenvalue weighted by atomic mass is 10.1. The van der Waals surface area contributed by atoms with Crippen molar-refractivity contribution in [1.29, 1.82) is 0 Å². The topological polar surface area (TPSA) is 17.3 Å². The summed E-state index contributed by atoms with van der Waals surface area (Å²) in [6.45, 7) is 2.29. The molecule has 0 amide bonds. The van der Waals surface area contributed by atoms with Crippen LogP contribution in [0.25, 0.3) is 5.65 Å². The third-order valence-electron chi connectivity index (χ3n) is 5.60. The lowest BCUT2D eigenvalue weighted by molar-refractivity contribution is 0.563. The van der Waals surface area contributed by atoms with Gasteiger partial charge in [0.1, 0.15) is 5.65 Å². The maximum atomic E-state index is 4.62. The summed E-state index contributed by atoms with van der Waals surface area (Å²) in [4.78, 5) is 4.62. The number of nitrogens with zero attached hydrogens (tertiary/aromatic N) is 2. The van der Waals surface area contributed by atoms with Gasteiger partial charge in [0.25, 0.3) is 0 Å². The number of benzene rings is 1. The Hall–Kier alpha value is -1.74. The minimum Gasteiger partial charge on any atom is -0.303 e. The summed E-state index contributed by atoms with van der Waals surface area (Å²) in [5, 5.41) is 0.340. The van der Waals surface area contributed by atoms with Crippen molar-refractivity contribution in [2.75, 3.05) is 5.75 Å². The highest BCUT2D eigenvalue weighted by Crippen LogP contribution is 2.36. The molecule has 156 valence electrons. The van der Waals surface area contributed by atoms with E-state index < -0.39 is 0 Å². The van der Waals surface area contributed by atoms with Crippen molar-refractivity contribution >= 4 is 17.4 Å². The Kier molecular flexibility index (Phi) is 9.65. The van der Waals surface area contributed by atoms with E-state index in [1.54, 1.807) is 0 Å². The van der Waals surface area contributed by atoms with Gasteiger partial charge in [0.05, 0.1) is 17.1 Å². The largest absolute Gasteiger partial charge is 0.303 e. The second-order valence-electron chi connectivity index (χ2n) is 7.96. The first-order valence-electron chi connectivity index (χ1n) is 11.5. The van der Waals surface area contributed by atoms with Gasteiger partial charge in [-0.15, -0.1) is 11.8 Å². The van der Waals surface area contributed by atoms with Crippen molar-refractivity contribution in [3.8, 4) is 0 Å². The third-order valence-corrected chi connectivity index (χ3v) is 6.97. The summed E-state index contributed by atoms with van der Waals surface area (Å²) >= 11 is 2.06. The first-order valence-corrected chi connectivity index (χ1v) is 12.5. The molecular weight excluding hydrogens is 372 g/mol. The van der Waals surface area contributed by atoms with E-state index in [9.17, 15) is 0 Å². The highest BCUT2D eigenvalue weighted by atomic mass is 32.2. The van der Waals surface area contributed by atoms with Crippen LogP contribution in [0.3, 0.4) is 0 Å². The number of unbranched alkanes of at least 4 members (excludes halogenated alkanes) is 9. The monoisotopic (exact) mass is 408 g/mol. The van der Waals surface area contributed by atoms with Crippen LogP contribution < -0.4 is 0 Å². The fraction of sp³-hybridized carbons (Fsp3) is 0.500. The summed E-state index contributed by atoms with van der Waals surface area (Å²) in [6.07, 6.45) is 18.1. The Morgan fingerprint density at radius 1 is 0.793 bits per heavy atom. The molecule has 29 heavy (non-hydrogen) atoms. The molecule has 3 rings (SSSR count). The smallest absolute Gasteiger partial charge is 0.136 e. The van der Waals surface area contributed by atoms with Gasteiger partial charge in [0.2, 0.25) is 0 Å². The van der Waals surface area contributed by atoms with Crippen LogP contribution in [0, 0.1) is 0 Å². The Morgan fingerprint density at radius 2 is 1.45 bits per heavy atom. The van der Waals surface area contributed by atoms with E-state index >= 15 is 0 Å². The number of rotatable bonds is 14. The fourth-order valence-corrected chi connectivity index (χ4v) is 5.22. The van der Waals surface area contributed by atoms with E-state index in [0.29, 0.717) is 5.25 Å². The molecule has 2 nitrogen and oxygen atoms in total. The van der Waals surface area contributed by atoms with Crippen molar-refractivity contribution < 1.29 is 0 Å². The molecule has 1 aromatic carbocycles. The zero-order valence-electron chi connectivity index (χ0n) is 17.9. The van der Waals surface area contributed by atoms with Gasteiger partial charge in [-0.3, -0.25) is 0 Å². The van der Waals surface area contributed by atoms with Crippen molar-refractivity contribution in [3.63, 3.8) is 0 Å². The fourth-order valence-electron chi connectivity index (χ4n) is 3.92. The number of hydrogen-bond donors (Lipinski definition) is 0. The molecule has 0 saturated heterocycles. The zero-order valence-corrected chi connectivity index (χ0v) is 18.7. The second kappa shape index (κ2) is 12.7. The Bertz CT molecular complexity index is 812. The van der Waals surface area contributed by atoms with Gasteiger partial charge in [-0.25, -0.2) is 4.98 Å². The van der Waals surface area contributed by atoms with E-state index in [4.69, 9.17) is 0 Å². The van der Waals surface area contributed by atoms with E-state index in [-0.39, 0.29) is 0 Å². The normalized spacial score (nSPS) is 12.4. The Morgan fingerprint density at radius 3 is 2.17 bits per heavy atom. The van der Waals surface area contributed by atoms with Crippen molar-refractivity contribution in [1.82, 2.24) is 9.38 Å². The maximum Gasteiger partial charge on any atom is 0.136 e. The molecule has 0 radical (unpaired) electrons. The van der Waals surface area contributed by atoms with Crippen LogP contribution in [0.2, 0.25) is 0 Å². The highest BCUT2D eigenvalue weighted by molar-refractivity contribution is 7.99. The molecule has 2 aromatic heterocycles. The third kappa shape index (κ3) is 6.92. The Balaban J connectivity index is 1.46. The van der Waals surface area contributed by atoms with Gasteiger partial charge in [-0.05, 0) is 29.9 Å². The molecule has 0 N–H and O–H groups in total. The van der Waals surface area contributed by atoms with Crippen LogP contribution in [-0.2, 0) is 0 Å². The molecule has 0 fully saturated rings. The molecule has 0 aliphatic heterocycles. The van der Waals surface area contributed by atoms with Gasteiger partial charge < -0.3 is 4.40 Å². The van der Waals surface area contributed by atoms with E-state index in [1.807, 2.05) is 0 Å². The number of thioether (sulfide) groups is 1. The summed E-state index contributed by atoms with van der Waals surface area (Å²) < 4.78 is 2.24. The number of hydrogen-bond acceptors (Lipinski definition) is 2.